The Balaban J connectivity index is 3.06. The third kappa shape index (κ3) is 3.01. The highest BCUT2D eigenvalue weighted by Crippen LogP contribution is 2.21. The van der Waals surface area contributed by atoms with Gasteiger partial charge in [0.1, 0.15) is 0 Å². The number of halogens is 2. The average Bonchev–Trinajstić information content (AvgIpc) is 2.32. The number of hydrogen-bond donors (Lipinski definition) is 2. The maximum Gasteiger partial charge on any atom is 0.178 e. The van der Waals surface area contributed by atoms with Crippen molar-refractivity contribution in [1.82, 2.24) is 4.98 Å². The molecule has 0 aliphatic heterocycles. The molecule has 0 aliphatic carbocycles. The van der Waals surface area contributed by atoms with Crippen LogP contribution in [0.15, 0.2) is 6.07 Å². The van der Waals surface area contributed by atoms with E-state index < -0.39 is 11.6 Å². The summed E-state index contributed by atoms with van der Waals surface area (Å²) in [7, 11) is 0. The van der Waals surface area contributed by atoms with Crippen LogP contribution >= 0.6 is 0 Å². The molecule has 0 amide bonds. The largest absolute Gasteiger partial charge is 0.353 e. The van der Waals surface area contributed by atoms with E-state index >= 15 is 0 Å². The number of anilines is 2. The molecule has 3 N–H and O–H groups in total. The van der Waals surface area contributed by atoms with Crippen molar-refractivity contribution in [2.24, 2.45) is 5.84 Å². The van der Waals surface area contributed by atoms with Gasteiger partial charge in [-0.3, -0.25) is 0 Å². The number of hydrogen-bond acceptors (Lipinski definition) is 5. The molecule has 0 atom stereocenters. The highest BCUT2D eigenvalue weighted by molar-refractivity contribution is 5.48. The molecule has 1 aromatic heterocycles. The van der Waals surface area contributed by atoms with Crippen molar-refractivity contribution < 1.29 is 8.78 Å². The smallest absolute Gasteiger partial charge is 0.178 e. The van der Waals surface area contributed by atoms with Gasteiger partial charge < -0.3 is 10.3 Å². The molecule has 5 nitrogen and oxygen atoms in total. The van der Waals surface area contributed by atoms with Gasteiger partial charge in [-0.05, 0) is 6.92 Å². The fourth-order valence-corrected chi connectivity index (χ4v) is 1.38. The maximum atomic E-state index is 13.5. The van der Waals surface area contributed by atoms with Crippen LogP contribution in [0.3, 0.4) is 0 Å². The Morgan fingerprint density at radius 3 is 2.76 bits per heavy atom. The summed E-state index contributed by atoms with van der Waals surface area (Å²) in [5, 5.41) is 8.49. The summed E-state index contributed by atoms with van der Waals surface area (Å²) in [5.74, 6) is 3.19. The molecule has 7 heteroatoms. The number of aromatic nitrogens is 1. The number of nitriles is 1. The Bertz CT molecular complexity index is 429. The molecule has 0 bridgehead atoms. The van der Waals surface area contributed by atoms with Crippen molar-refractivity contribution in [2.75, 3.05) is 23.4 Å². The van der Waals surface area contributed by atoms with E-state index in [1.165, 1.54) is 0 Å². The van der Waals surface area contributed by atoms with Crippen LogP contribution in [0.2, 0.25) is 0 Å². The first-order chi connectivity index (χ1) is 8.13. The lowest BCUT2D eigenvalue weighted by molar-refractivity contribution is 0.570. The SMILES string of the molecule is CCN(CCC#N)c1nc(NN)c(F)cc1F. The first-order valence-electron chi connectivity index (χ1n) is 5.08. The highest BCUT2D eigenvalue weighted by atomic mass is 19.1. The van der Waals surface area contributed by atoms with Gasteiger partial charge in [0.25, 0.3) is 0 Å². The maximum absolute atomic E-state index is 13.5. The minimum atomic E-state index is -0.856. The monoisotopic (exact) mass is 241 g/mol. The van der Waals surface area contributed by atoms with Crippen LogP contribution in [0.5, 0.6) is 0 Å². The van der Waals surface area contributed by atoms with Crippen molar-refractivity contribution in [3.05, 3.63) is 17.7 Å². The molecule has 1 rings (SSSR count). The van der Waals surface area contributed by atoms with Crippen LogP contribution in [0, 0.1) is 23.0 Å². The second kappa shape index (κ2) is 5.96. The van der Waals surface area contributed by atoms with Gasteiger partial charge in [-0.2, -0.15) is 5.26 Å². The van der Waals surface area contributed by atoms with Crippen molar-refractivity contribution in [3.8, 4) is 6.07 Å². The van der Waals surface area contributed by atoms with Crippen LogP contribution in [0.25, 0.3) is 0 Å². The van der Waals surface area contributed by atoms with E-state index in [0.717, 1.165) is 0 Å². The van der Waals surface area contributed by atoms with Crippen LogP contribution in [0.1, 0.15) is 13.3 Å². The molecule has 0 radical (unpaired) electrons. The van der Waals surface area contributed by atoms with E-state index in [0.29, 0.717) is 19.2 Å². The summed E-state index contributed by atoms with van der Waals surface area (Å²) >= 11 is 0. The van der Waals surface area contributed by atoms with Crippen LogP contribution in [-0.4, -0.2) is 18.1 Å². The molecule has 0 fully saturated rings. The van der Waals surface area contributed by atoms with E-state index in [1.54, 1.807) is 11.8 Å². The number of nitrogen functional groups attached to an aromatic ring is 1. The summed E-state index contributed by atoms with van der Waals surface area (Å²) < 4.78 is 26.7. The molecule has 0 aromatic carbocycles. The van der Waals surface area contributed by atoms with E-state index in [9.17, 15) is 8.78 Å². The highest BCUT2D eigenvalue weighted by Gasteiger charge is 2.15. The van der Waals surface area contributed by atoms with Gasteiger partial charge in [0.15, 0.2) is 23.3 Å². The average molecular weight is 241 g/mol. The predicted octanol–water partition coefficient (Wildman–Crippen LogP) is 1.39. The van der Waals surface area contributed by atoms with E-state index in [1.807, 2.05) is 6.07 Å². The molecule has 0 spiro atoms. The molecule has 17 heavy (non-hydrogen) atoms. The summed E-state index contributed by atoms with van der Waals surface area (Å²) in [6.07, 6.45) is 0.234. The molecule has 0 unspecified atom stereocenters. The normalized spacial score (nSPS) is 9.82. The zero-order valence-electron chi connectivity index (χ0n) is 9.37. The van der Waals surface area contributed by atoms with Crippen molar-refractivity contribution in [1.29, 1.82) is 5.26 Å². The molecule has 92 valence electrons. The predicted molar refractivity (Wildman–Crippen MR) is 60.1 cm³/mol. The van der Waals surface area contributed by atoms with Gasteiger partial charge in [0, 0.05) is 19.2 Å². The first kappa shape index (κ1) is 13.1. The molecule has 0 aliphatic rings. The number of nitrogens with one attached hydrogen (secondary N) is 1. The minimum Gasteiger partial charge on any atom is -0.353 e. The van der Waals surface area contributed by atoms with E-state index in [-0.39, 0.29) is 18.1 Å². The minimum absolute atomic E-state index is 0.0166. The lowest BCUT2D eigenvalue weighted by atomic mass is 10.3. The number of nitrogens with two attached hydrogens (primary N) is 1. The lowest BCUT2D eigenvalue weighted by Gasteiger charge is -2.21. The van der Waals surface area contributed by atoms with Gasteiger partial charge in [0.05, 0.1) is 12.5 Å². The topological polar surface area (TPSA) is 78.0 Å². The van der Waals surface area contributed by atoms with Gasteiger partial charge in [-0.25, -0.2) is 19.6 Å². The summed E-state index contributed by atoms with van der Waals surface area (Å²) in [6.45, 7) is 2.57. The Morgan fingerprint density at radius 2 is 2.24 bits per heavy atom. The Labute approximate surface area is 97.8 Å². The lowest BCUT2D eigenvalue weighted by Crippen LogP contribution is -2.26. The van der Waals surface area contributed by atoms with E-state index in [2.05, 4.69) is 10.4 Å². The number of hydrazine groups is 1. The fourth-order valence-electron chi connectivity index (χ4n) is 1.38. The van der Waals surface area contributed by atoms with Crippen molar-refractivity contribution >= 4 is 11.6 Å². The van der Waals surface area contributed by atoms with Crippen LogP contribution in [0.4, 0.5) is 20.4 Å². The fraction of sp³-hybridized carbons (Fsp3) is 0.400. The third-order valence-corrected chi connectivity index (χ3v) is 2.22. The Hall–Kier alpha value is -1.94. The quantitative estimate of drug-likeness (QED) is 0.601. The molecule has 0 saturated heterocycles. The Morgan fingerprint density at radius 1 is 1.53 bits per heavy atom. The number of pyridine rings is 1. The second-order valence-corrected chi connectivity index (χ2v) is 3.26. The molecule has 1 heterocycles. The van der Waals surface area contributed by atoms with Crippen molar-refractivity contribution in [2.45, 2.75) is 13.3 Å². The standard InChI is InChI=1S/C10H13F2N5/c1-2-17(5-3-4-13)10-8(12)6-7(11)9(15-10)16-14/h6H,2-3,5,14H2,1H3,(H,15,16). The summed E-state index contributed by atoms with van der Waals surface area (Å²) in [6, 6.07) is 2.67. The van der Waals surface area contributed by atoms with Crippen molar-refractivity contribution in [3.63, 3.8) is 0 Å². The summed E-state index contributed by atoms with van der Waals surface area (Å²) in [5.41, 5.74) is 2.05. The van der Waals surface area contributed by atoms with E-state index in [4.69, 9.17) is 11.1 Å². The molecule has 0 saturated carbocycles. The van der Waals surface area contributed by atoms with Gasteiger partial charge in [-0.15, -0.1) is 0 Å². The molecule has 1 aromatic rings. The Kier molecular flexibility index (Phi) is 4.60. The zero-order chi connectivity index (χ0) is 12.8. The first-order valence-corrected chi connectivity index (χ1v) is 5.08. The number of nitrogens with zero attached hydrogens (tertiary/aromatic N) is 3. The van der Waals surface area contributed by atoms with Gasteiger partial charge >= 0.3 is 0 Å². The van der Waals surface area contributed by atoms with Gasteiger partial charge in [-0.1, -0.05) is 0 Å². The zero-order valence-corrected chi connectivity index (χ0v) is 9.37. The third-order valence-electron chi connectivity index (χ3n) is 2.22. The summed E-state index contributed by atoms with van der Waals surface area (Å²) in [4.78, 5) is 5.29. The van der Waals surface area contributed by atoms with Crippen LogP contribution < -0.4 is 16.2 Å². The number of rotatable bonds is 5. The molecular formula is C10H13F2N5. The van der Waals surface area contributed by atoms with Gasteiger partial charge in [0.2, 0.25) is 0 Å². The molecular weight excluding hydrogens is 228 g/mol. The van der Waals surface area contributed by atoms with Crippen LogP contribution in [-0.2, 0) is 0 Å². The second-order valence-electron chi connectivity index (χ2n) is 3.26.